The summed E-state index contributed by atoms with van der Waals surface area (Å²) in [7, 11) is -1.93. The van der Waals surface area contributed by atoms with Crippen LogP contribution in [0.3, 0.4) is 0 Å². The van der Waals surface area contributed by atoms with Crippen molar-refractivity contribution in [3.8, 4) is 0 Å². The van der Waals surface area contributed by atoms with Crippen molar-refractivity contribution in [3.63, 3.8) is 0 Å². The predicted molar refractivity (Wildman–Crippen MR) is 134 cm³/mol. The van der Waals surface area contributed by atoms with Gasteiger partial charge in [-0.2, -0.15) is 12.7 Å². The van der Waals surface area contributed by atoms with Gasteiger partial charge in [0, 0.05) is 33.1 Å². The number of benzene rings is 2. The molecule has 1 fully saturated rings. The number of nitrogens with zero attached hydrogens (tertiary/aromatic N) is 1. The molecule has 0 aromatic heterocycles. The van der Waals surface area contributed by atoms with E-state index >= 15 is 0 Å². The molecule has 1 aliphatic heterocycles. The fraction of sp³-hybridized carbons (Fsp3) is 0.500. The van der Waals surface area contributed by atoms with Gasteiger partial charge in [-0.1, -0.05) is 73.5 Å². The number of piperidine rings is 1. The lowest BCUT2D eigenvalue weighted by molar-refractivity contribution is -0.120. The highest BCUT2D eigenvalue weighted by atomic mass is 32.2. The van der Waals surface area contributed by atoms with Crippen molar-refractivity contribution in [1.29, 1.82) is 0 Å². The third-order valence-corrected chi connectivity index (χ3v) is 8.32. The zero-order valence-corrected chi connectivity index (χ0v) is 20.8. The van der Waals surface area contributed by atoms with Crippen LogP contribution < -0.4 is 10.0 Å². The van der Waals surface area contributed by atoms with Crippen molar-refractivity contribution in [2.75, 3.05) is 26.7 Å². The second kappa shape index (κ2) is 12.4. The number of amides is 1. The van der Waals surface area contributed by atoms with Gasteiger partial charge >= 0.3 is 0 Å². The number of hydrogen-bond acceptors (Lipinski definition) is 4. The van der Waals surface area contributed by atoms with Gasteiger partial charge in [0.15, 0.2) is 0 Å². The molecular weight excluding hydrogens is 450 g/mol. The van der Waals surface area contributed by atoms with Gasteiger partial charge in [-0.15, -0.1) is 0 Å². The molecule has 3 rings (SSSR count). The van der Waals surface area contributed by atoms with Crippen LogP contribution in [0, 0.1) is 5.92 Å². The Bertz CT molecular complexity index is 952. The van der Waals surface area contributed by atoms with Gasteiger partial charge in [-0.25, -0.2) is 4.72 Å². The third-order valence-electron chi connectivity index (χ3n) is 6.71. The van der Waals surface area contributed by atoms with Gasteiger partial charge in [0.1, 0.15) is 5.60 Å². The maximum absolute atomic E-state index is 12.8. The molecule has 0 saturated carbocycles. The summed E-state index contributed by atoms with van der Waals surface area (Å²) < 4.78 is 29.8. The average molecular weight is 488 g/mol. The summed E-state index contributed by atoms with van der Waals surface area (Å²) in [6, 6.07) is 19.3. The van der Waals surface area contributed by atoms with E-state index in [2.05, 4.69) is 10.0 Å². The van der Waals surface area contributed by atoms with Gasteiger partial charge in [0.25, 0.3) is 10.2 Å². The first kappa shape index (κ1) is 26.3. The summed E-state index contributed by atoms with van der Waals surface area (Å²) in [6.45, 7) is 1.13. The molecule has 7 nitrogen and oxygen atoms in total. The number of carbonyl (C=O) groups is 1. The molecule has 0 radical (unpaired) electrons. The SMILES string of the molecule is CNC(=O)CCCCCCNS(=O)(=O)N1CCC(C(O)(c2ccccc2)c2ccccc2)CC1. The minimum Gasteiger partial charge on any atom is -0.380 e. The van der Waals surface area contributed by atoms with Crippen molar-refractivity contribution in [2.45, 2.75) is 50.5 Å². The van der Waals surface area contributed by atoms with Crippen molar-refractivity contribution < 1.29 is 18.3 Å². The fourth-order valence-corrected chi connectivity index (χ4v) is 5.99. The molecule has 186 valence electrons. The third kappa shape index (κ3) is 6.66. The van der Waals surface area contributed by atoms with E-state index in [0.29, 0.717) is 38.9 Å². The molecule has 3 N–H and O–H groups in total. The summed E-state index contributed by atoms with van der Waals surface area (Å²) in [6.07, 6.45) is 4.98. The first-order valence-electron chi connectivity index (χ1n) is 12.2. The largest absolute Gasteiger partial charge is 0.380 e. The molecule has 0 atom stereocenters. The first-order chi connectivity index (χ1) is 16.4. The van der Waals surface area contributed by atoms with Gasteiger partial charge < -0.3 is 10.4 Å². The molecule has 0 aliphatic carbocycles. The molecule has 1 heterocycles. The van der Waals surface area contributed by atoms with E-state index in [1.54, 1.807) is 7.05 Å². The minimum atomic E-state index is -3.55. The van der Waals surface area contributed by atoms with Gasteiger partial charge in [0.05, 0.1) is 0 Å². The number of carbonyl (C=O) groups excluding carboxylic acids is 1. The van der Waals surface area contributed by atoms with Crippen LogP contribution in [0.25, 0.3) is 0 Å². The molecule has 1 aliphatic rings. The fourth-order valence-electron chi connectivity index (χ4n) is 4.72. The van der Waals surface area contributed by atoms with E-state index in [4.69, 9.17) is 0 Å². The predicted octanol–water partition coefficient (Wildman–Crippen LogP) is 3.17. The van der Waals surface area contributed by atoms with Crippen LogP contribution in [0.2, 0.25) is 0 Å². The summed E-state index contributed by atoms with van der Waals surface area (Å²) in [5, 5.41) is 14.6. The molecule has 0 unspecified atom stereocenters. The van der Waals surface area contributed by atoms with Crippen LogP contribution in [0.1, 0.15) is 56.1 Å². The maximum Gasteiger partial charge on any atom is 0.279 e. The Morgan fingerprint density at radius 1 is 0.941 bits per heavy atom. The van der Waals surface area contributed by atoms with E-state index in [1.807, 2.05) is 60.7 Å². The lowest BCUT2D eigenvalue weighted by atomic mass is 9.72. The van der Waals surface area contributed by atoms with Crippen LogP contribution in [0.4, 0.5) is 0 Å². The Morgan fingerprint density at radius 2 is 1.47 bits per heavy atom. The Kier molecular flexibility index (Phi) is 9.64. The highest BCUT2D eigenvalue weighted by molar-refractivity contribution is 7.87. The van der Waals surface area contributed by atoms with Crippen LogP contribution in [-0.2, 0) is 20.6 Å². The zero-order chi connectivity index (χ0) is 24.4. The number of unbranched alkanes of at least 4 members (excludes halogenated alkanes) is 3. The van der Waals surface area contributed by atoms with Crippen molar-refractivity contribution in [1.82, 2.24) is 14.3 Å². The summed E-state index contributed by atoms with van der Waals surface area (Å²) in [5.41, 5.74) is 0.495. The number of rotatable bonds is 12. The smallest absolute Gasteiger partial charge is 0.279 e. The molecule has 34 heavy (non-hydrogen) atoms. The summed E-state index contributed by atoms with van der Waals surface area (Å²) in [5.74, 6) is -0.0559. The summed E-state index contributed by atoms with van der Waals surface area (Å²) >= 11 is 0. The second-order valence-electron chi connectivity index (χ2n) is 8.91. The number of nitrogens with one attached hydrogen (secondary N) is 2. The zero-order valence-electron chi connectivity index (χ0n) is 19.9. The highest BCUT2D eigenvalue weighted by Gasteiger charge is 2.42. The Morgan fingerprint density at radius 3 is 2.00 bits per heavy atom. The minimum absolute atomic E-state index is 0.0375. The van der Waals surface area contributed by atoms with Gasteiger partial charge in [0.2, 0.25) is 5.91 Å². The van der Waals surface area contributed by atoms with E-state index in [0.717, 1.165) is 36.8 Å². The van der Waals surface area contributed by atoms with Crippen LogP contribution in [0.15, 0.2) is 60.7 Å². The molecule has 2 aromatic carbocycles. The number of aliphatic hydroxyl groups is 1. The maximum atomic E-state index is 12.8. The highest BCUT2D eigenvalue weighted by Crippen LogP contribution is 2.42. The van der Waals surface area contributed by atoms with E-state index in [9.17, 15) is 18.3 Å². The van der Waals surface area contributed by atoms with E-state index in [1.165, 1.54) is 4.31 Å². The standard InChI is InChI=1S/C26H37N3O4S/c1-27-25(30)16-10-2-3-11-19-28-34(32,33)29-20-17-24(18-21-29)26(31,22-12-6-4-7-13-22)23-14-8-5-9-15-23/h4-9,12-15,24,28,31H,2-3,10-11,16-21H2,1H3,(H,27,30). The topological polar surface area (TPSA) is 98.7 Å². The van der Waals surface area contributed by atoms with Gasteiger partial charge in [-0.05, 0) is 42.7 Å². The molecular formula is C26H37N3O4S. The molecule has 1 amide bonds. The van der Waals surface area contributed by atoms with Crippen LogP contribution in [-0.4, -0.2) is 50.4 Å². The van der Waals surface area contributed by atoms with Crippen molar-refractivity contribution in [3.05, 3.63) is 71.8 Å². The molecule has 0 bridgehead atoms. The molecule has 8 heteroatoms. The average Bonchev–Trinajstić information content (AvgIpc) is 2.88. The Balaban J connectivity index is 1.54. The van der Waals surface area contributed by atoms with Crippen LogP contribution in [0.5, 0.6) is 0 Å². The molecule has 2 aromatic rings. The van der Waals surface area contributed by atoms with Gasteiger partial charge in [-0.3, -0.25) is 4.79 Å². The lowest BCUT2D eigenvalue weighted by Gasteiger charge is -2.42. The van der Waals surface area contributed by atoms with Crippen molar-refractivity contribution in [2.24, 2.45) is 5.92 Å². The Hall–Kier alpha value is -2.26. The van der Waals surface area contributed by atoms with E-state index < -0.39 is 15.8 Å². The normalized spacial score (nSPS) is 15.8. The van der Waals surface area contributed by atoms with E-state index in [-0.39, 0.29) is 11.8 Å². The Labute approximate surface area is 203 Å². The molecule has 0 spiro atoms. The van der Waals surface area contributed by atoms with Crippen molar-refractivity contribution >= 4 is 16.1 Å². The monoisotopic (exact) mass is 487 g/mol. The summed E-state index contributed by atoms with van der Waals surface area (Å²) in [4.78, 5) is 11.2. The second-order valence-corrected chi connectivity index (χ2v) is 10.7. The lowest BCUT2D eigenvalue weighted by Crippen LogP contribution is -2.49. The number of hydrogen-bond donors (Lipinski definition) is 3. The van der Waals surface area contributed by atoms with Crippen LogP contribution >= 0.6 is 0 Å². The molecule has 1 saturated heterocycles. The quantitative estimate of drug-likeness (QED) is 0.401. The first-order valence-corrected chi connectivity index (χ1v) is 13.6.